The summed E-state index contributed by atoms with van der Waals surface area (Å²) in [6.45, 7) is 1.97. The first-order valence-corrected chi connectivity index (χ1v) is 10.9. The molecule has 0 unspecified atom stereocenters. The normalized spacial score (nSPS) is 21.1. The second kappa shape index (κ2) is 7.67. The minimum atomic E-state index is -1.09. The number of pyridine rings is 1. The molecule has 2 atom stereocenters. The van der Waals surface area contributed by atoms with Gasteiger partial charge in [0.25, 0.3) is 5.91 Å². The topological polar surface area (TPSA) is 117 Å². The van der Waals surface area contributed by atoms with Crippen molar-refractivity contribution in [1.29, 1.82) is 0 Å². The predicted octanol–water partition coefficient (Wildman–Crippen LogP) is 0.170. The van der Waals surface area contributed by atoms with E-state index in [1.165, 1.54) is 21.3 Å². The van der Waals surface area contributed by atoms with E-state index < -0.39 is 12.0 Å². The maximum atomic E-state index is 12.8. The van der Waals surface area contributed by atoms with Gasteiger partial charge in [-0.3, -0.25) is 9.69 Å². The molecule has 4 heterocycles. The van der Waals surface area contributed by atoms with Gasteiger partial charge in [-0.2, -0.15) is 0 Å². The molecule has 1 saturated heterocycles. The summed E-state index contributed by atoms with van der Waals surface area (Å²) in [4.78, 5) is 26.2. The number of carboxylic acids is 1. The van der Waals surface area contributed by atoms with E-state index in [0.29, 0.717) is 22.2 Å². The number of fused-ring (bicyclic) bond motifs is 1. The van der Waals surface area contributed by atoms with E-state index in [1.54, 1.807) is 18.8 Å². The van der Waals surface area contributed by atoms with E-state index in [1.807, 2.05) is 37.0 Å². The highest BCUT2D eigenvalue weighted by atomic mass is 32.2. The van der Waals surface area contributed by atoms with Crippen molar-refractivity contribution in [1.82, 2.24) is 25.1 Å². The number of nitrogens with zero attached hydrogens (tertiary/aromatic N) is 6. The number of tetrazole rings is 1. The van der Waals surface area contributed by atoms with Crippen molar-refractivity contribution >= 4 is 41.1 Å². The number of nitrogens with one attached hydrogen (secondary N) is 1. The van der Waals surface area contributed by atoms with Crippen LogP contribution in [0.2, 0.25) is 0 Å². The highest BCUT2D eigenvalue weighted by Crippen LogP contribution is 2.42. The Hall–Kier alpha value is -2.60. The number of thioether (sulfide) groups is 2. The third-order valence-electron chi connectivity index (χ3n) is 4.82. The molecule has 2 N–H and O–H groups in total. The van der Waals surface area contributed by atoms with Crippen molar-refractivity contribution in [3.8, 4) is 0 Å². The number of carboxylic acid groups (broad SMARTS) is 1. The molecule has 29 heavy (non-hydrogen) atoms. The quantitative estimate of drug-likeness (QED) is 0.373. The Morgan fingerprint density at radius 2 is 2.31 bits per heavy atom. The second-order valence-electron chi connectivity index (χ2n) is 6.87. The Morgan fingerprint density at radius 1 is 1.52 bits per heavy atom. The van der Waals surface area contributed by atoms with Crippen LogP contribution >= 0.6 is 23.5 Å². The lowest BCUT2D eigenvalue weighted by Gasteiger charge is -2.49. The lowest BCUT2D eigenvalue weighted by molar-refractivity contribution is -0.671. The number of carbonyl (C=O) groups is 2. The highest BCUT2D eigenvalue weighted by Gasteiger charge is 2.53. The van der Waals surface area contributed by atoms with Crippen molar-refractivity contribution in [3.63, 3.8) is 0 Å². The second-order valence-corrected chi connectivity index (χ2v) is 8.92. The van der Waals surface area contributed by atoms with Crippen LogP contribution in [0.5, 0.6) is 0 Å². The van der Waals surface area contributed by atoms with Crippen molar-refractivity contribution in [2.24, 2.45) is 14.1 Å². The molecule has 2 aliphatic heterocycles. The maximum absolute atomic E-state index is 12.8. The molecule has 1 fully saturated rings. The van der Waals surface area contributed by atoms with Crippen molar-refractivity contribution in [2.45, 2.75) is 23.5 Å². The van der Waals surface area contributed by atoms with E-state index in [9.17, 15) is 14.7 Å². The first kappa shape index (κ1) is 19.7. The zero-order chi connectivity index (χ0) is 20.7. The van der Waals surface area contributed by atoms with Gasteiger partial charge in [-0.05, 0) is 22.9 Å². The molecule has 4 rings (SSSR count). The number of anilines is 1. The summed E-state index contributed by atoms with van der Waals surface area (Å²) >= 11 is 2.92. The van der Waals surface area contributed by atoms with Crippen LogP contribution in [0.3, 0.4) is 0 Å². The van der Waals surface area contributed by atoms with Crippen LogP contribution in [0.4, 0.5) is 5.69 Å². The third kappa shape index (κ3) is 3.57. The Balaban J connectivity index is 1.52. The van der Waals surface area contributed by atoms with Gasteiger partial charge >= 0.3 is 5.97 Å². The fraction of sp³-hybridized carbons (Fsp3) is 0.412. The average molecular weight is 435 g/mol. The zero-order valence-electron chi connectivity index (χ0n) is 16.1. The molecule has 0 aliphatic carbocycles. The Morgan fingerprint density at radius 3 is 2.97 bits per heavy atom. The van der Waals surface area contributed by atoms with Crippen LogP contribution < -0.4 is 9.88 Å². The average Bonchev–Trinajstić information content (AvgIpc) is 3.09. The molecule has 1 amide bonds. The summed E-state index contributed by atoms with van der Waals surface area (Å²) in [6, 6.07) is 1.47. The number of hydrogen-bond donors (Lipinski definition) is 2. The molecule has 152 valence electrons. The monoisotopic (exact) mass is 434 g/mol. The fourth-order valence-corrected chi connectivity index (χ4v) is 5.70. The summed E-state index contributed by atoms with van der Waals surface area (Å²) in [5, 5.41) is 24.7. The van der Waals surface area contributed by atoms with Crippen LogP contribution in [0.1, 0.15) is 5.56 Å². The number of amides is 1. The van der Waals surface area contributed by atoms with Gasteiger partial charge in [0, 0.05) is 35.9 Å². The number of aromatic nitrogens is 5. The highest BCUT2D eigenvalue weighted by molar-refractivity contribution is 8.01. The van der Waals surface area contributed by atoms with E-state index in [4.69, 9.17) is 0 Å². The Kier molecular flexibility index (Phi) is 5.21. The molecule has 12 heteroatoms. The maximum Gasteiger partial charge on any atom is 0.352 e. The largest absolute Gasteiger partial charge is 0.477 e. The molecule has 0 bridgehead atoms. The smallest absolute Gasteiger partial charge is 0.352 e. The van der Waals surface area contributed by atoms with E-state index in [-0.39, 0.29) is 17.0 Å². The van der Waals surface area contributed by atoms with Crippen molar-refractivity contribution < 1.29 is 19.3 Å². The SMILES string of the molecule is Cc1c[n+](C)ccc1N[C@@H]1C(=O)N2C(C(=O)O)=C(CSc3nnnn3C)CS[C@H]12. The van der Waals surface area contributed by atoms with Crippen LogP contribution in [0, 0.1) is 6.92 Å². The van der Waals surface area contributed by atoms with Gasteiger partial charge in [0.1, 0.15) is 24.2 Å². The number of aliphatic carboxylic acids is 1. The zero-order valence-corrected chi connectivity index (χ0v) is 17.7. The molecular formula is C17H20N7O3S2+. The van der Waals surface area contributed by atoms with Gasteiger partial charge in [0.05, 0.1) is 0 Å². The molecular weight excluding hydrogens is 414 g/mol. The summed E-state index contributed by atoms with van der Waals surface area (Å²) in [5.74, 6) is -0.368. The van der Waals surface area contributed by atoms with E-state index in [2.05, 4.69) is 20.8 Å². The fourth-order valence-electron chi connectivity index (χ4n) is 3.36. The van der Waals surface area contributed by atoms with Gasteiger partial charge in [0.15, 0.2) is 12.4 Å². The molecule has 0 radical (unpaired) electrons. The standard InChI is InChI=1S/C17H19N7O3S2/c1-9-6-22(2)5-4-11(9)18-12-14(25)24-13(16(26)27)10(7-28-15(12)24)8-29-17-19-20-21-23(17)3/h4-6,12,15H,7-8H2,1-3H3,(H,26,27)/p+1/t12-,15-/m1/s1. The van der Waals surface area contributed by atoms with Gasteiger partial charge in [-0.15, -0.1) is 16.9 Å². The van der Waals surface area contributed by atoms with Crippen LogP contribution in [-0.4, -0.2) is 65.0 Å². The predicted molar refractivity (Wildman–Crippen MR) is 107 cm³/mol. The van der Waals surface area contributed by atoms with Gasteiger partial charge < -0.3 is 10.4 Å². The van der Waals surface area contributed by atoms with Gasteiger partial charge in [0.2, 0.25) is 5.16 Å². The minimum Gasteiger partial charge on any atom is -0.477 e. The lowest BCUT2D eigenvalue weighted by atomic mass is 10.0. The van der Waals surface area contributed by atoms with Gasteiger partial charge in [-0.25, -0.2) is 14.0 Å². The summed E-state index contributed by atoms with van der Waals surface area (Å²) in [6.07, 6.45) is 3.87. The van der Waals surface area contributed by atoms with Crippen LogP contribution in [-0.2, 0) is 23.7 Å². The molecule has 2 aliphatic rings. The Bertz CT molecular complexity index is 1020. The first-order chi connectivity index (χ1) is 13.9. The number of β-lactam (4-membered cyclic amide) rings is 1. The van der Waals surface area contributed by atoms with Crippen LogP contribution in [0.15, 0.2) is 34.9 Å². The molecule has 0 spiro atoms. The summed E-state index contributed by atoms with van der Waals surface area (Å²) < 4.78 is 3.47. The van der Waals surface area contributed by atoms with Gasteiger partial charge in [-0.1, -0.05) is 11.8 Å². The summed E-state index contributed by atoms with van der Waals surface area (Å²) in [7, 11) is 3.66. The van der Waals surface area contributed by atoms with Crippen molar-refractivity contribution in [3.05, 3.63) is 35.3 Å². The molecule has 2 aromatic rings. The minimum absolute atomic E-state index is 0.0793. The number of rotatable bonds is 6. The molecule has 0 saturated carbocycles. The first-order valence-electron chi connectivity index (χ1n) is 8.84. The number of aryl methyl sites for hydroxylation is 3. The van der Waals surface area contributed by atoms with E-state index >= 15 is 0 Å². The summed E-state index contributed by atoms with van der Waals surface area (Å²) in [5.41, 5.74) is 2.67. The molecule has 2 aromatic heterocycles. The number of hydrogen-bond acceptors (Lipinski definition) is 8. The van der Waals surface area contributed by atoms with Crippen molar-refractivity contribution in [2.75, 3.05) is 16.8 Å². The van der Waals surface area contributed by atoms with E-state index in [0.717, 1.165) is 11.3 Å². The Labute approximate surface area is 175 Å². The lowest BCUT2D eigenvalue weighted by Crippen LogP contribution is -2.67. The molecule has 10 nitrogen and oxygen atoms in total. The number of carbonyl (C=O) groups excluding carboxylic acids is 1. The third-order valence-corrected chi connectivity index (χ3v) is 7.25. The van der Waals surface area contributed by atoms with Crippen LogP contribution in [0.25, 0.3) is 0 Å². The molecule has 0 aromatic carbocycles.